The molecule has 0 aromatic rings. The van der Waals surface area contributed by atoms with Crippen molar-refractivity contribution < 1.29 is 4.39 Å². The molecule has 2 heteroatoms. The number of hydrogen-bond acceptors (Lipinski definition) is 1. The van der Waals surface area contributed by atoms with Gasteiger partial charge in [0.05, 0.1) is 5.57 Å². The second-order valence-electron chi connectivity index (χ2n) is 1.28. The number of allylic oxidation sites excluding steroid dienone is 4. The number of nitrogens with zero attached hydrogens (tertiary/aromatic N) is 1. The highest BCUT2D eigenvalue weighted by atomic mass is 19.1. The Labute approximate surface area is 53.4 Å². The number of rotatable bonds is 2. The molecule has 0 aliphatic carbocycles. The summed E-state index contributed by atoms with van der Waals surface area (Å²) in [5.74, 6) is -0.632. The zero-order valence-corrected chi connectivity index (χ0v) is 4.89. The molecule has 46 valence electrons. The van der Waals surface area contributed by atoms with Crippen molar-refractivity contribution in [1.29, 1.82) is 5.26 Å². The summed E-state index contributed by atoms with van der Waals surface area (Å²) in [7, 11) is 0. The molecular formula is C7H6FN. The van der Waals surface area contributed by atoms with Gasteiger partial charge in [-0.25, -0.2) is 4.39 Å². The first kappa shape index (κ1) is 7.64. The van der Waals surface area contributed by atoms with Gasteiger partial charge < -0.3 is 0 Å². The van der Waals surface area contributed by atoms with Crippen molar-refractivity contribution in [2.45, 2.75) is 0 Å². The fraction of sp³-hybridized carbons (Fsp3) is 0. The van der Waals surface area contributed by atoms with Gasteiger partial charge in [-0.05, 0) is 12.2 Å². The van der Waals surface area contributed by atoms with Crippen LogP contribution in [0, 0.1) is 11.3 Å². The SMILES string of the molecule is C=CC(F)=C(C#N)C=C. The molecule has 0 heterocycles. The fourth-order valence-electron chi connectivity index (χ4n) is 0.307. The summed E-state index contributed by atoms with van der Waals surface area (Å²) < 4.78 is 12.3. The summed E-state index contributed by atoms with van der Waals surface area (Å²) in [6.07, 6.45) is 2.12. The van der Waals surface area contributed by atoms with Crippen LogP contribution in [0.1, 0.15) is 0 Å². The van der Waals surface area contributed by atoms with Crippen LogP contribution < -0.4 is 0 Å². The Hall–Kier alpha value is -1.36. The van der Waals surface area contributed by atoms with Gasteiger partial charge in [0.15, 0.2) is 0 Å². The molecule has 0 fully saturated rings. The molecule has 0 aromatic carbocycles. The highest BCUT2D eigenvalue weighted by molar-refractivity contribution is 5.37. The Balaban J connectivity index is 4.63. The van der Waals surface area contributed by atoms with Gasteiger partial charge in [0, 0.05) is 0 Å². The van der Waals surface area contributed by atoms with Crippen LogP contribution in [0.2, 0.25) is 0 Å². The Morgan fingerprint density at radius 1 is 1.44 bits per heavy atom. The van der Waals surface area contributed by atoms with E-state index >= 15 is 0 Å². The minimum absolute atomic E-state index is 0.0787. The first-order valence-electron chi connectivity index (χ1n) is 2.31. The van der Waals surface area contributed by atoms with Crippen molar-refractivity contribution in [3.8, 4) is 6.07 Å². The zero-order chi connectivity index (χ0) is 7.28. The summed E-state index contributed by atoms with van der Waals surface area (Å²) in [5.41, 5.74) is -0.0787. The normalized spacial score (nSPS) is 11.1. The quantitative estimate of drug-likeness (QED) is 0.407. The highest BCUT2D eigenvalue weighted by Crippen LogP contribution is 2.05. The molecule has 0 aromatic heterocycles. The van der Waals surface area contributed by atoms with E-state index in [1.54, 1.807) is 6.07 Å². The summed E-state index contributed by atoms with van der Waals surface area (Å²) in [6.45, 7) is 6.38. The lowest BCUT2D eigenvalue weighted by Gasteiger charge is -1.84. The minimum Gasteiger partial charge on any atom is -0.206 e. The predicted octanol–water partition coefficient (Wildman–Crippen LogP) is 2.11. The van der Waals surface area contributed by atoms with Crippen LogP contribution in [0.25, 0.3) is 0 Å². The van der Waals surface area contributed by atoms with E-state index in [1.807, 2.05) is 0 Å². The van der Waals surface area contributed by atoms with Crippen molar-refractivity contribution in [1.82, 2.24) is 0 Å². The molecule has 0 amide bonds. The van der Waals surface area contributed by atoms with Crippen LogP contribution in [0.5, 0.6) is 0 Å². The van der Waals surface area contributed by atoms with Crippen molar-refractivity contribution in [3.63, 3.8) is 0 Å². The van der Waals surface area contributed by atoms with Crippen molar-refractivity contribution in [3.05, 3.63) is 36.7 Å². The van der Waals surface area contributed by atoms with Crippen molar-refractivity contribution in [2.24, 2.45) is 0 Å². The fourth-order valence-corrected chi connectivity index (χ4v) is 0.307. The van der Waals surface area contributed by atoms with Crippen LogP contribution in [-0.4, -0.2) is 0 Å². The molecule has 9 heavy (non-hydrogen) atoms. The maximum absolute atomic E-state index is 12.3. The summed E-state index contributed by atoms with van der Waals surface area (Å²) in [4.78, 5) is 0. The van der Waals surface area contributed by atoms with Crippen LogP contribution in [0.4, 0.5) is 4.39 Å². The first-order chi connectivity index (χ1) is 4.26. The van der Waals surface area contributed by atoms with Crippen molar-refractivity contribution in [2.75, 3.05) is 0 Å². The molecular weight excluding hydrogens is 117 g/mol. The Kier molecular flexibility index (Phi) is 3.07. The second-order valence-corrected chi connectivity index (χ2v) is 1.28. The summed E-state index contributed by atoms with van der Waals surface area (Å²) in [6, 6.07) is 1.62. The van der Waals surface area contributed by atoms with Gasteiger partial charge in [0.1, 0.15) is 11.9 Å². The number of nitriles is 1. The lowest BCUT2D eigenvalue weighted by molar-refractivity contribution is 0.663. The average Bonchev–Trinajstić information content (AvgIpc) is 1.90. The number of hydrogen-bond donors (Lipinski definition) is 0. The smallest absolute Gasteiger partial charge is 0.140 e. The van der Waals surface area contributed by atoms with E-state index in [4.69, 9.17) is 5.26 Å². The molecule has 0 N–H and O–H groups in total. The molecule has 0 aliphatic rings. The molecule has 0 aliphatic heterocycles. The largest absolute Gasteiger partial charge is 0.206 e. The third-order valence-corrected chi connectivity index (χ3v) is 0.761. The molecule has 0 radical (unpaired) electrons. The van der Waals surface area contributed by atoms with E-state index in [1.165, 1.54) is 0 Å². The van der Waals surface area contributed by atoms with Gasteiger partial charge in [-0.15, -0.1) is 0 Å². The maximum atomic E-state index is 12.3. The van der Waals surface area contributed by atoms with Gasteiger partial charge >= 0.3 is 0 Å². The van der Waals surface area contributed by atoms with E-state index in [0.717, 1.165) is 12.2 Å². The van der Waals surface area contributed by atoms with Gasteiger partial charge in [-0.2, -0.15) is 5.26 Å². The molecule has 0 saturated heterocycles. The molecule has 0 bridgehead atoms. The van der Waals surface area contributed by atoms with Gasteiger partial charge in [0.2, 0.25) is 0 Å². The summed E-state index contributed by atoms with van der Waals surface area (Å²) in [5, 5.41) is 8.16. The zero-order valence-electron chi connectivity index (χ0n) is 4.89. The number of halogens is 1. The van der Waals surface area contributed by atoms with E-state index in [2.05, 4.69) is 13.2 Å². The monoisotopic (exact) mass is 123 g/mol. The lowest BCUT2D eigenvalue weighted by Crippen LogP contribution is -1.73. The van der Waals surface area contributed by atoms with E-state index in [-0.39, 0.29) is 5.57 Å². The van der Waals surface area contributed by atoms with E-state index in [0.29, 0.717) is 0 Å². The predicted molar refractivity (Wildman–Crippen MR) is 34.1 cm³/mol. The molecule has 0 saturated carbocycles. The molecule has 1 nitrogen and oxygen atoms in total. The molecule has 0 atom stereocenters. The molecule has 0 unspecified atom stereocenters. The maximum Gasteiger partial charge on any atom is 0.140 e. The van der Waals surface area contributed by atoms with Gasteiger partial charge in [-0.1, -0.05) is 13.2 Å². The Bertz CT molecular complexity index is 195. The van der Waals surface area contributed by atoms with Crippen LogP contribution in [-0.2, 0) is 0 Å². The van der Waals surface area contributed by atoms with Gasteiger partial charge in [0.25, 0.3) is 0 Å². The van der Waals surface area contributed by atoms with Crippen molar-refractivity contribution >= 4 is 0 Å². The van der Waals surface area contributed by atoms with Crippen LogP contribution in [0.15, 0.2) is 36.7 Å². The topological polar surface area (TPSA) is 23.8 Å². The highest BCUT2D eigenvalue weighted by Gasteiger charge is 1.94. The third-order valence-electron chi connectivity index (χ3n) is 0.761. The summed E-state index contributed by atoms with van der Waals surface area (Å²) >= 11 is 0. The van der Waals surface area contributed by atoms with Gasteiger partial charge in [-0.3, -0.25) is 0 Å². The van der Waals surface area contributed by atoms with Crippen LogP contribution >= 0.6 is 0 Å². The minimum atomic E-state index is -0.632. The first-order valence-corrected chi connectivity index (χ1v) is 2.31. The average molecular weight is 123 g/mol. The second kappa shape index (κ2) is 3.62. The van der Waals surface area contributed by atoms with E-state index < -0.39 is 5.83 Å². The van der Waals surface area contributed by atoms with E-state index in [9.17, 15) is 4.39 Å². The standard InChI is InChI=1S/C7H6FN/c1-3-6(5-9)7(8)4-2/h3-4H,1-2H2. The molecule has 0 rings (SSSR count). The third kappa shape index (κ3) is 1.92. The molecule has 0 spiro atoms. The Morgan fingerprint density at radius 2 is 2.00 bits per heavy atom. The Morgan fingerprint density at radius 3 is 2.11 bits per heavy atom. The lowest BCUT2D eigenvalue weighted by atomic mass is 10.2. The van der Waals surface area contributed by atoms with Crippen LogP contribution in [0.3, 0.4) is 0 Å².